The van der Waals surface area contributed by atoms with Gasteiger partial charge >= 0.3 is 12.0 Å². The number of hydrogen-bond acceptors (Lipinski definition) is 4. The summed E-state index contributed by atoms with van der Waals surface area (Å²) in [5.41, 5.74) is 0.526. The SMILES string of the molecule is CCOC(=O)C(C)NC(=O)Nc1ccccc1OC. The Morgan fingerprint density at radius 3 is 2.63 bits per heavy atom. The Kier molecular flexibility index (Phi) is 5.66. The topological polar surface area (TPSA) is 76.7 Å². The Hall–Kier alpha value is -2.24. The molecule has 6 nitrogen and oxygen atoms in total. The van der Waals surface area contributed by atoms with Crippen molar-refractivity contribution in [2.75, 3.05) is 19.0 Å². The van der Waals surface area contributed by atoms with Gasteiger partial charge in [-0.05, 0) is 26.0 Å². The van der Waals surface area contributed by atoms with E-state index >= 15 is 0 Å². The lowest BCUT2D eigenvalue weighted by Gasteiger charge is -2.14. The van der Waals surface area contributed by atoms with Gasteiger partial charge in [-0.3, -0.25) is 0 Å². The van der Waals surface area contributed by atoms with Crippen molar-refractivity contribution in [3.05, 3.63) is 24.3 Å². The van der Waals surface area contributed by atoms with Crippen molar-refractivity contribution in [2.24, 2.45) is 0 Å². The summed E-state index contributed by atoms with van der Waals surface area (Å²) in [6.07, 6.45) is 0. The predicted molar refractivity (Wildman–Crippen MR) is 71.2 cm³/mol. The van der Waals surface area contributed by atoms with Crippen LogP contribution in [0, 0.1) is 0 Å². The van der Waals surface area contributed by atoms with Crippen LogP contribution in [0.15, 0.2) is 24.3 Å². The van der Waals surface area contributed by atoms with Crippen molar-refractivity contribution in [3.63, 3.8) is 0 Å². The molecule has 0 radical (unpaired) electrons. The highest BCUT2D eigenvalue weighted by atomic mass is 16.5. The number of carbonyl (C=O) groups is 2. The number of esters is 1. The lowest BCUT2D eigenvalue weighted by Crippen LogP contribution is -2.41. The summed E-state index contributed by atoms with van der Waals surface area (Å²) in [6.45, 7) is 3.54. The van der Waals surface area contributed by atoms with E-state index in [-0.39, 0.29) is 6.61 Å². The lowest BCUT2D eigenvalue weighted by molar-refractivity contribution is -0.144. The van der Waals surface area contributed by atoms with E-state index in [9.17, 15) is 9.59 Å². The van der Waals surface area contributed by atoms with E-state index < -0.39 is 18.0 Å². The number of benzene rings is 1. The summed E-state index contributed by atoms with van der Waals surface area (Å²) in [6, 6.07) is 5.79. The minimum absolute atomic E-state index is 0.277. The zero-order chi connectivity index (χ0) is 14.3. The van der Waals surface area contributed by atoms with E-state index in [4.69, 9.17) is 9.47 Å². The normalized spacial score (nSPS) is 11.3. The average molecular weight is 266 g/mol. The number of methoxy groups -OCH3 is 1. The van der Waals surface area contributed by atoms with E-state index in [1.165, 1.54) is 7.11 Å². The van der Waals surface area contributed by atoms with Crippen molar-refractivity contribution in [3.8, 4) is 5.75 Å². The minimum atomic E-state index is -0.713. The molecule has 19 heavy (non-hydrogen) atoms. The number of hydrogen-bond donors (Lipinski definition) is 2. The molecule has 0 fully saturated rings. The lowest BCUT2D eigenvalue weighted by atomic mass is 10.3. The molecule has 0 heterocycles. The highest BCUT2D eigenvalue weighted by molar-refractivity contribution is 5.93. The van der Waals surface area contributed by atoms with Crippen LogP contribution < -0.4 is 15.4 Å². The molecule has 0 aliphatic carbocycles. The standard InChI is InChI=1S/C13H18N2O4/c1-4-19-12(16)9(2)14-13(17)15-10-7-5-6-8-11(10)18-3/h5-9H,4H2,1-3H3,(H2,14,15,17). The molecule has 0 aliphatic heterocycles. The van der Waals surface area contributed by atoms with Crippen LogP contribution in [0.4, 0.5) is 10.5 Å². The summed E-state index contributed by atoms with van der Waals surface area (Å²) in [4.78, 5) is 23.1. The van der Waals surface area contributed by atoms with Crippen molar-refractivity contribution < 1.29 is 19.1 Å². The highest BCUT2D eigenvalue weighted by Gasteiger charge is 2.17. The molecule has 1 unspecified atom stereocenters. The fourth-order valence-corrected chi connectivity index (χ4v) is 1.43. The molecular weight excluding hydrogens is 248 g/mol. The van der Waals surface area contributed by atoms with Gasteiger partial charge in [-0.2, -0.15) is 0 Å². The van der Waals surface area contributed by atoms with Crippen molar-refractivity contribution in [2.45, 2.75) is 19.9 Å². The number of nitrogens with one attached hydrogen (secondary N) is 2. The third-order valence-electron chi connectivity index (χ3n) is 2.34. The molecule has 0 aliphatic rings. The van der Waals surface area contributed by atoms with Gasteiger partial charge in [0.15, 0.2) is 0 Å². The fourth-order valence-electron chi connectivity index (χ4n) is 1.43. The maximum atomic E-state index is 11.7. The van der Waals surface area contributed by atoms with E-state index in [0.717, 1.165) is 0 Å². The zero-order valence-corrected chi connectivity index (χ0v) is 11.2. The highest BCUT2D eigenvalue weighted by Crippen LogP contribution is 2.22. The van der Waals surface area contributed by atoms with Crippen molar-refractivity contribution in [1.82, 2.24) is 5.32 Å². The quantitative estimate of drug-likeness (QED) is 0.796. The van der Waals surface area contributed by atoms with Gasteiger partial charge in [-0.1, -0.05) is 12.1 Å². The van der Waals surface area contributed by atoms with Gasteiger partial charge in [-0.25, -0.2) is 9.59 Å². The third-order valence-corrected chi connectivity index (χ3v) is 2.34. The zero-order valence-electron chi connectivity index (χ0n) is 11.2. The first-order valence-corrected chi connectivity index (χ1v) is 5.95. The Labute approximate surface area is 112 Å². The molecular formula is C13H18N2O4. The Bertz CT molecular complexity index is 448. The van der Waals surface area contributed by atoms with Crippen LogP contribution in [-0.4, -0.2) is 31.8 Å². The van der Waals surface area contributed by atoms with Crippen molar-refractivity contribution in [1.29, 1.82) is 0 Å². The van der Waals surface area contributed by atoms with Crippen LogP contribution >= 0.6 is 0 Å². The van der Waals surface area contributed by atoms with Crippen LogP contribution in [0.2, 0.25) is 0 Å². The number of amides is 2. The van der Waals surface area contributed by atoms with E-state index in [2.05, 4.69) is 10.6 Å². The largest absolute Gasteiger partial charge is 0.495 e. The fraction of sp³-hybridized carbons (Fsp3) is 0.385. The molecule has 0 saturated carbocycles. The second-order valence-corrected chi connectivity index (χ2v) is 3.77. The monoisotopic (exact) mass is 266 g/mol. The van der Waals surface area contributed by atoms with Crippen LogP contribution in [0.3, 0.4) is 0 Å². The Balaban J connectivity index is 2.58. The van der Waals surface area contributed by atoms with Gasteiger partial charge in [0.05, 0.1) is 19.4 Å². The molecule has 6 heteroatoms. The molecule has 1 atom stereocenters. The van der Waals surface area contributed by atoms with Gasteiger partial charge in [0.1, 0.15) is 11.8 Å². The summed E-state index contributed by atoms with van der Waals surface area (Å²) in [7, 11) is 1.51. The third kappa shape index (κ3) is 4.50. The summed E-state index contributed by atoms with van der Waals surface area (Å²) in [5.74, 6) is 0.0686. The van der Waals surface area contributed by atoms with Gasteiger partial charge in [0, 0.05) is 0 Å². The molecule has 0 saturated heterocycles. The predicted octanol–water partition coefficient (Wildman–Crippen LogP) is 1.77. The number of anilines is 1. The summed E-state index contributed by atoms with van der Waals surface area (Å²) in [5, 5.41) is 5.09. The van der Waals surface area contributed by atoms with E-state index in [0.29, 0.717) is 11.4 Å². The molecule has 0 bridgehead atoms. The van der Waals surface area contributed by atoms with Gasteiger partial charge < -0.3 is 20.1 Å². The van der Waals surface area contributed by atoms with Crippen LogP contribution in [0.1, 0.15) is 13.8 Å². The smallest absolute Gasteiger partial charge is 0.328 e. The first-order chi connectivity index (χ1) is 9.08. The minimum Gasteiger partial charge on any atom is -0.495 e. The molecule has 0 aromatic heterocycles. The van der Waals surface area contributed by atoms with E-state index in [1.807, 2.05) is 0 Å². The first-order valence-electron chi connectivity index (χ1n) is 5.95. The van der Waals surface area contributed by atoms with Crippen LogP contribution in [0.5, 0.6) is 5.75 Å². The number of carbonyl (C=O) groups excluding carboxylic acids is 2. The second kappa shape index (κ2) is 7.25. The molecule has 104 valence electrons. The average Bonchev–Trinajstić information content (AvgIpc) is 2.39. The molecule has 1 aromatic carbocycles. The molecule has 0 spiro atoms. The number of rotatable bonds is 5. The Morgan fingerprint density at radius 1 is 1.32 bits per heavy atom. The van der Waals surface area contributed by atoms with E-state index in [1.54, 1.807) is 38.1 Å². The number of ether oxygens (including phenoxy) is 2. The second-order valence-electron chi connectivity index (χ2n) is 3.77. The summed E-state index contributed by atoms with van der Waals surface area (Å²) >= 11 is 0. The number of urea groups is 1. The molecule has 2 N–H and O–H groups in total. The molecule has 1 aromatic rings. The molecule has 2 amide bonds. The van der Waals surface area contributed by atoms with Crippen molar-refractivity contribution >= 4 is 17.7 Å². The van der Waals surface area contributed by atoms with Crippen LogP contribution in [0.25, 0.3) is 0 Å². The van der Waals surface area contributed by atoms with Gasteiger partial charge in [0.2, 0.25) is 0 Å². The maximum absolute atomic E-state index is 11.7. The first kappa shape index (κ1) is 14.8. The summed E-state index contributed by atoms with van der Waals surface area (Å²) < 4.78 is 9.90. The molecule has 1 rings (SSSR count). The Morgan fingerprint density at radius 2 is 2.00 bits per heavy atom. The van der Waals surface area contributed by atoms with Gasteiger partial charge in [0.25, 0.3) is 0 Å². The maximum Gasteiger partial charge on any atom is 0.328 e. The number of para-hydroxylation sites is 2. The van der Waals surface area contributed by atoms with Gasteiger partial charge in [-0.15, -0.1) is 0 Å². The van der Waals surface area contributed by atoms with Crippen LogP contribution in [-0.2, 0) is 9.53 Å².